The topological polar surface area (TPSA) is 57.5 Å². The van der Waals surface area contributed by atoms with Gasteiger partial charge in [-0.1, -0.05) is 75.3 Å². The minimum atomic E-state index is -1.15. The molecule has 0 bridgehead atoms. The molecule has 0 saturated carbocycles. The molecule has 2 rings (SSSR count). The number of ketones is 1. The first-order chi connectivity index (χ1) is 10.5. The lowest BCUT2D eigenvalue weighted by molar-refractivity contribution is -0.135. The molecule has 0 aromatic heterocycles. The Hall–Kier alpha value is -1.45. The van der Waals surface area contributed by atoms with E-state index in [1.165, 1.54) is 0 Å². The lowest BCUT2D eigenvalue weighted by Crippen LogP contribution is -2.49. The van der Waals surface area contributed by atoms with Gasteiger partial charge in [-0.25, -0.2) is 0 Å². The highest BCUT2D eigenvalue weighted by Gasteiger charge is 2.46. The predicted octanol–water partition coefficient (Wildman–Crippen LogP) is 3.10. The fourth-order valence-corrected chi connectivity index (χ4v) is 3.49. The van der Waals surface area contributed by atoms with Crippen LogP contribution in [0.5, 0.6) is 0 Å². The first-order valence-corrected chi connectivity index (χ1v) is 8.17. The molecule has 0 fully saturated rings. The van der Waals surface area contributed by atoms with Gasteiger partial charge in [0.25, 0.3) is 0 Å². The first kappa shape index (κ1) is 16.9. The maximum atomic E-state index is 13.0. The van der Waals surface area contributed by atoms with Crippen molar-refractivity contribution >= 4 is 5.78 Å². The quantitative estimate of drug-likeness (QED) is 0.792. The van der Waals surface area contributed by atoms with Gasteiger partial charge in [0.15, 0.2) is 5.78 Å². The lowest BCUT2D eigenvalue weighted by Gasteiger charge is -2.39. The van der Waals surface area contributed by atoms with Crippen LogP contribution < -0.4 is 0 Å². The van der Waals surface area contributed by atoms with E-state index in [1.807, 2.05) is 13.8 Å². The van der Waals surface area contributed by atoms with E-state index in [0.717, 1.165) is 12.8 Å². The van der Waals surface area contributed by atoms with Crippen LogP contribution in [0.1, 0.15) is 39.5 Å². The van der Waals surface area contributed by atoms with Crippen molar-refractivity contribution in [3.05, 3.63) is 48.6 Å². The van der Waals surface area contributed by atoms with Crippen LogP contribution in [0.15, 0.2) is 48.6 Å². The molecule has 4 unspecified atom stereocenters. The fraction of sp³-hybridized carbons (Fsp3) is 0.526. The summed E-state index contributed by atoms with van der Waals surface area (Å²) in [5, 5.41) is 21.7. The summed E-state index contributed by atoms with van der Waals surface area (Å²) in [6, 6.07) is 0. The molecule has 2 aliphatic carbocycles. The zero-order valence-electron chi connectivity index (χ0n) is 13.4. The van der Waals surface area contributed by atoms with Crippen LogP contribution in [0.25, 0.3) is 0 Å². The summed E-state index contributed by atoms with van der Waals surface area (Å²) in [6.07, 6.45) is 16.7. The molecule has 0 amide bonds. The van der Waals surface area contributed by atoms with Gasteiger partial charge in [0.05, 0.1) is 23.0 Å². The van der Waals surface area contributed by atoms with Crippen molar-refractivity contribution < 1.29 is 15.0 Å². The fourth-order valence-electron chi connectivity index (χ4n) is 3.49. The van der Waals surface area contributed by atoms with Crippen molar-refractivity contribution in [3.8, 4) is 0 Å². The molecule has 22 heavy (non-hydrogen) atoms. The van der Waals surface area contributed by atoms with Gasteiger partial charge in [-0.05, 0) is 12.8 Å². The average molecular weight is 302 g/mol. The van der Waals surface area contributed by atoms with Crippen molar-refractivity contribution in [3.63, 3.8) is 0 Å². The lowest BCUT2D eigenvalue weighted by atomic mass is 9.69. The van der Waals surface area contributed by atoms with E-state index in [9.17, 15) is 15.0 Å². The molecule has 0 heterocycles. The van der Waals surface area contributed by atoms with E-state index >= 15 is 0 Å². The highest BCUT2D eigenvalue weighted by Crippen LogP contribution is 2.37. The van der Waals surface area contributed by atoms with E-state index in [-0.39, 0.29) is 5.78 Å². The van der Waals surface area contributed by atoms with E-state index in [1.54, 1.807) is 48.6 Å². The van der Waals surface area contributed by atoms with Gasteiger partial charge >= 0.3 is 0 Å². The van der Waals surface area contributed by atoms with Gasteiger partial charge in [-0.3, -0.25) is 4.79 Å². The second kappa shape index (κ2) is 6.76. The highest BCUT2D eigenvalue weighted by molar-refractivity contribution is 5.90. The molecule has 0 spiro atoms. The Morgan fingerprint density at radius 1 is 0.864 bits per heavy atom. The van der Waals surface area contributed by atoms with Crippen LogP contribution in [0, 0.1) is 11.8 Å². The van der Waals surface area contributed by atoms with E-state index < -0.39 is 23.0 Å². The second-order valence-corrected chi connectivity index (χ2v) is 6.33. The van der Waals surface area contributed by atoms with Crippen LogP contribution in [0.4, 0.5) is 0 Å². The number of hydrogen-bond acceptors (Lipinski definition) is 3. The van der Waals surface area contributed by atoms with Gasteiger partial charge < -0.3 is 10.2 Å². The molecule has 3 nitrogen and oxygen atoms in total. The monoisotopic (exact) mass is 302 g/mol. The summed E-state index contributed by atoms with van der Waals surface area (Å²) in [7, 11) is 0. The molecule has 0 aromatic carbocycles. The number of allylic oxidation sites excluding steroid dienone is 4. The molecular weight excluding hydrogens is 276 g/mol. The summed E-state index contributed by atoms with van der Waals surface area (Å²) in [4.78, 5) is 13.0. The number of hydrogen-bond donors (Lipinski definition) is 2. The largest absolute Gasteiger partial charge is 0.385 e. The Balaban J connectivity index is 2.29. The van der Waals surface area contributed by atoms with Crippen molar-refractivity contribution in [1.29, 1.82) is 0 Å². The summed E-state index contributed by atoms with van der Waals surface area (Å²) in [5.74, 6) is -1.34. The Bertz CT molecular complexity index is 483. The van der Waals surface area contributed by atoms with Crippen LogP contribution in [0.3, 0.4) is 0 Å². The van der Waals surface area contributed by atoms with Gasteiger partial charge in [0.2, 0.25) is 0 Å². The average Bonchev–Trinajstić information content (AvgIpc) is 2.47. The second-order valence-electron chi connectivity index (χ2n) is 6.33. The molecule has 4 atom stereocenters. The van der Waals surface area contributed by atoms with Crippen LogP contribution >= 0.6 is 0 Å². The summed E-state index contributed by atoms with van der Waals surface area (Å²) in [5.41, 5.74) is -2.30. The highest BCUT2D eigenvalue weighted by atomic mass is 16.3. The third-order valence-corrected chi connectivity index (χ3v) is 4.59. The maximum absolute atomic E-state index is 13.0. The van der Waals surface area contributed by atoms with Crippen LogP contribution in [0.2, 0.25) is 0 Å². The molecular formula is C19H26O3. The van der Waals surface area contributed by atoms with Gasteiger partial charge in [0.1, 0.15) is 0 Å². The van der Waals surface area contributed by atoms with Crippen LogP contribution in [-0.4, -0.2) is 27.2 Å². The van der Waals surface area contributed by atoms with Crippen LogP contribution in [-0.2, 0) is 4.79 Å². The van der Waals surface area contributed by atoms with E-state index in [4.69, 9.17) is 0 Å². The minimum absolute atomic E-state index is 0.117. The Morgan fingerprint density at radius 2 is 1.27 bits per heavy atom. The van der Waals surface area contributed by atoms with Gasteiger partial charge in [-0.15, -0.1) is 0 Å². The number of carbonyl (C=O) groups is 1. The zero-order chi connectivity index (χ0) is 16.2. The molecule has 3 heteroatoms. The number of rotatable bonds is 6. The number of carbonyl (C=O) groups excluding carboxylic acids is 1. The molecule has 0 aliphatic heterocycles. The third kappa shape index (κ3) is 3.16. The van der Waals surface area contributed by atoms with Crippen molar-refractivity contribution in [1.82, 2.24) is 0 Å². The van der Waals surface area contributed by atoms with Crippen molar-refractivity contribution in [2.45, 2.75) is 50.7 Å². The predicted molar refractivity (Wildman–Crippen MR) is 88.3 cm³/mol. The molecule has 120 valence electrons. The van der Waals surface area contributed by atoms with Gasteiger partial charge in [0, 0.05) is 0 Å². The molecule has 2 N–H and O–H groups in total. The summed E-state index contributed by atoms with van der Waals surface area (Å²) >= 11 is 0. The van der Waals surface area contributed by atoms with Crippen molar-refractivity contribution in [2.75, 3.05) is 0 Å². The molecule has 0 saturated heterocycles. The van der Waals surface area contributed by atoms with Crippen molar-refractivity contribution in [2.24, 2.45) is 11.8 Å². The Kier molecular flexibility index (Phi) is 5.20. The summed E-state index contributed by atoms with van der Waals surface area (Å²) in [6.45, 7) is 3.98. The molecule has 0 aromatic rings. The maximum Gasteiger partial charge on any atom is 0.153 e. The normalized spacial score (nSPS) is 36.7. The molecule has 0 radical (unpaired) electrons. The number of Topliss-reactive ketones (excluding diaryl/α,β-unsaturated/α-hetero) is 1. The van der Waals surface area contributed by atoms with E-state index in [2.05, 4.69) is 0 Å². The Morgan fingerprint density at radius 3 is 1.64 bits per heavy atom. The summed E-state index contributed by atoms with van der Waals surface area (Å²) < 4.78 is 0. The number of aliphatic hydroxyl groups is 2. The smallest absolute Gasteiger partial charge is 0.153 e. The van der Waals surface area contributed by atoms with E-state index in [0.29, 0.717) is 12.8 Å². The standard InChI is InChI=1S/C19H26O3/c1-3-11-18(21)13-7-5-9-15(18)17(20)16-10-6-8-14-19(16,22)12-4-2/h5-10,13-16,21-22H,3-4,11-12H2,1-2H3. The Labute approximate surface area is 132 Å². The van der Waals surface area contributed by atoms with Gasteiger partial charge in [-0.2, -0.15) is 0 Å². The first-order valence-electron chi connectivity index (χ1n) is 8.17. The SMILES string of the molecule is CCCC1(O)C=CC=CC1C(=O)C1C=CC=CC1(O)CCC. The zero-order valence-corrected chi connectivity index (χ0v) is 13.4. The third-order valence-electron chi connectivity index (χ3n) is 4.59. The molecule has 2 aliphatic rings. The minimum Gasteiger partial charge on any atom is -0.385 e.